The molecule has 0 amide bonds. The molecule has 0 atom stereocenters. The highest BCUT2D eigenvalue weighted by molar-refractivity contribution is 5.28. The molecular formula is C8H7N5O. The molecule has 0 saturated heterocycles. The smallest absolute Gasteiger partial charge is 0.233 e. The van der Waals surface area contributed by atoms with Crippen molar-refractivity contribution in [2.45, 2.75) is 0 Å². The van der Waals surface area contributed by atoms with Crippen LogP contribution in [0.15, 0.2) is 17.2 Å². The minimum atomic E-state index is 0.129. The molecule has 1 rings (SSSR count). The quantitative estimate of drug-likeness (QED) is 0.302. The molecule has 0 bridgehead atoms. The molecule has 0 N–H and O–H groups in total. The van der Waals surface area contributed by atoms with E-state index < -0.39 is 0 Å². The average molecular weight is 189 g/mol. The number of aromatic nitrogens is 2. The van der Waals surface area contributed by atoms with Crippen LogP contribution in [0.4, 0.5) is 0 Å². The maximum Gasteiger partial charge on any atom is 0.233 e. The Balaban J connectivity index is 2.66. The first kappa shape index (κ1) is 9.84. The molecule has 14 heavy (non-hydrogen) atoms. The van der Waals surface area contributed by atoms with Crippen LogP contribution in [0.5, 0.6) is 5.88 Å². The Morgan fingerprint density at radius 3 is 3.00 bits per heavy atom. The van der Waals surface area contributed by atoms with E-state index in [4.69, 9.17) is 10.3 Å². The fourth-order valence-corrected chi connectivity index (χ4v) is 0.693. The average Bonchev–Trinajstić information content (AvgIpc) is 2.25. The van der Waals surface area contributed by atoms with Gasteiger partial charge in [-0.25, -0.2) is 0 Å². The first-order valence-electron chi connectivity index (χ1n) is 3.74. The highest BCUT2D eigenvalue weighted by Gasteiger charge is 1.92. The van der Waals surface area contributed by atoms with Gasteiger partial charge in [-0.15, -0.1) is 10.2 Å². The number of ether oxygens (including phenoxy) is 1. The van der Waals surface area contributed by atoms with Crippen LogP contribution in [0.2, 0.25) is 0 Å². The van der Waals surface area contributed by atoms with Crippen LogP contribution in [-0.2, 0) is 0 Å². The Bertz CT molecular complexity index is 396. The van der Waals surface area contributed by atoms with E-state index in [0.717, 1.165) is 0 Å². The van der Waals surface area contributed by atoms with Crippen LogP contribution in [0.3, 0.4) is 0 Å². The van der Waals surface area contributed by atoms with Crippen molar-refractivity contribution < 1.29 is 4.74 Å². The van der Waals surface area contributed by atoms with Crippen LogP contribution in [0.1, 0.15) is 5.69 Å². The van der Waals surface area contributed by atoms with Gasteiger partial charge in [-0.3, -0.25) is 0 Å². The summed E-state index contributed by atoms with van der Waals surface area (Å²) in [7, 11) is 1.51. The summed E-state index contributed by atoms with van der Waals surface area (Å²) in [6, 6.07) is 3.33. The minimum absolute atomic E-state index is 0.129. The Labute approximate surface area is 80.5 Å². The summed E-state index contributed by atoms with van der Waals surface area (Å²) in [4.78, 5) is 2.56. The van der Waals surface area contributed by atoms with Gasteiger partial charge in [0.15, 0.2) is 0 Å². The van der Waals surface area contributed by atoms with Gasteiger partial charge in [-0.1, -0.05) is 11.0 Å². The minimum Gasteiger partial charge on any atom is -0.480 e. The molecule has 70 valence electrons. The number of hydrogen-bond donors (Lipinski definition) is 0. The summed E-state index contributed by atoms with van der Waals surface area (Å²) < 4.78 is 4.82. The number of nitrogens with zero attached hydrogens (tertiary/aromatic N) is 5. The predicted molar refractivity (Wildman–Crippen MR) is 49.5 cm³/mol. The van der Waals surface area contributed by atoms with E-state index in [1.807, 2.05) is 0 Å². The maximum atomic E-state index is 7.98. The zero-order valence-corrected chi connectivity index (χ0v) is 7.51. The monoisotopic (exact) mass is 189 g/mol. The normalized spacial score (nSPS) is 8.07. The SMILES string of the molecule is COc1ccc(C#CCN=[N+]=[N-])nn1. The zero-order chi connectivity index (χ0) is 10.2. The Kier molecular flexibility index (Phi) is 3.80. The highest BCUT2D eigenvalue weighted by atomic mass is 16.5. The van der Waals surface area contributed by atoms with E-state index in [0.29, 0.717) is 11.6 Å². The van der Waals surface area contributed by atoms with Crippen molar-refractivity contribution in [2.24, 2.45) is 5.11 Å². The molecule has 6 heteroatoms. The maximum absolute atomic E-state index is 7.98. The summed E-state index contributed by atoms with van der Waals surface area (Å²) in [5.41, 5.74) is 8.49. The van der Waals surface area contributed by atoms with Crippen molar-refractivity contribution in [3.63, 3.8) is 0 Å². The van der Waals surface area contributed by atoms with Gasteiger partial charge in [0.25, 0.3) is 0 Å². The topological polar surface area (TPSA) is 83.8 Å². The second kappa shape index (κ2) is 5.41. The molecule has 0 fully saturated rings. The fourth-order valence-electron chi connectivity index (χ4n) is 0.693. The first-order valence-corrected chi connectivity index (χ1v) is 3.74. The van der Waals surface area contributed by atoms with Crippen LogP contribution in [0, 0.1) is 11.8 Å². The van der Waals surface area contributed by atoms with Gasteiger partial charge < -0.3 is 4.74 Å². The van der Waals surface area contributed by atoms with Gasteiger partial charge in [0.2, 0.25) is 5.88 Å². The predicted octanol–water partition coefficient (Wildman–Crippen LogP) is 1.15. The molecule has 0 spiro atoms. The van der Waals surface area contributed by atoms with E-state index in [-0.39, 0.29) is 6.54 Å². The van der Waals surface area contributed by atoms with Crippen LogP contribution >= 0.6 is 0 Å². The third kappa shape index (κ3) is 3.01. The van der Waals surface area contributed by atoms with Gasteiger partial charge in [0.05, 0.1) is 13.7 Å². The standard InChI is InChI=1S/C8H7N5O/c1-14-8-5-4-7(11-12-8)3-2-6-10-13-9/h4-5H,6H2,1H3. The molecule has 0 aliphatic heterocycles. The number of rotatable bonds is 2. The molecule has 0 radical (unpaired) electrons. The van der Waals surface area contributed by atoms with E-state index in [9.17, 15) is 0 Å². The van der Waals surface area contributed by atoms with Crippen LogP contribution in [0.25, 0.3) is 10.4 Å². The fraction of sp³-hybridized carbons (Fsp3) is 0.250. The van der Waals surface area contributed by atoms with Gasteiger partial charge in [0, 0.05) is 11.0 Å². The number of methoxy groups -OCH3 is 1. The van der Waals surface area contributed by atoms with Crippen LogP contribution < -0.4 is 4.74 Å². The molecular weight excluding hydrogens is 182 g/mol. The molecule has 1 aromatic rings. The lowest BCUT2D eigenvalue weighted by Crippen LogP contribution is -1.91. The lowest BCUT2D eigenvalue weighted by molar-refractivity contribution is 0.391. The van der Waals surface area contributed by atoms with Crippen molar-refractivity contribution in [2.75, 3.05) is 13.7 Å². The van der Waals surface area contributed by atoms with E-state index >= 15 is 0 Å². The Morgan fingerprint density at radius 1 is 1.57 bits per heavy atom. The number of hydrogen-bond acceptors (Lipinski definition) is 4. The molecule has 0 aromatic carbocycles. The van der Waals surface area contributed by atoms with Crippen molar-refractivity contribution in [1.29, 1.82) is 0 Å². The second-order valence-corrected chi connectivity index (χ2v) is 2.15. The zero-order valence-electron chi connectivity index (χ0n) is 7.51. The van der Waals surface area contributed by atoms with Crippen molar-refractivity contribution in [1.82, 2.24) is 10.2 Å². The third-order valence-electron chi connectivity index (χ3n) is 1.28. The van der Waals surface area contributed by atoms with Crippen molar-refractivity contribution in [3.8, 4) is 17.7 Å². The lowest BCUT2D eigenvalue weighted by Gasteiger charge is -1.94. The highest BCUT2D eigenvalue weighted by Crippen LogP contribution is 2.01. The molecule has 0 aliphatic carbocycles. The first-order chi connectivity index (χ1) is 6.86. The molecule has 0 aliphatic rings. The molecule has 1 aromatic heterocycles. The summed E-state index contributed by atoms with van der Waals surface area (Å²) in [5, 5.41) is 10.7. The summed E-state index contributed by atoms with van der Waals surface area (Å²) in [6.07, 6.45) is 0. The Morgan fingerprint density at radius 2 is 2.43 bits per heavy atom. The lowest BCUT2D eigenvalue weighted by atomic mass is 10.4. The molecule has 0 unspecified atom stereocenters. The van der Waals surface area contributed by atoms with E-state index in [1.165, 1.54) is 7.11 Å². The Hall–Kier alpha value is -2.25. The molecule has 6 nitrogen and oxygen atoms in total. The van der Waals surface area contributed by atoms with Gasteiger partial charge >= 0.3 is 0 Å². The van der Waals surface area contributed by atoms with Gasteiger partial charge in [0.1, 0.15) is 5.69 Å². The summed E-state index contributed by atoms with van der Waals surface area (Å²) in [5.74, 6) is 5.75. The van der Waals surface area contributed by atoms with Crippen LogP contribution in [-0.4, -0.2) is 23.9 Å². The van der Waals surface area contributed by atoms with Gasteiger partial charge in [-0.2, -0.15) is 0 Å². The van der Waals surface area contributed by atoms with Crippen molar-refractivity contribution >= 4 is 0 Å². The summed E-state index contributed by atoms with van der Waals surface area (Å²) >= 11 is 0. The second-order valence-electron chi connectivity index (χ2n) is 2.15. The molecule has 1 heterocycles. The van der Waals surface area contributed by atoms with Gasteiger partial charge in [-0.05, 0) is 17.5 Å². The largest absolute Gasteiger partial charge is 0.480 e. The summed E-state index contributed by atoms with van der Waals surface area (Å²) in [6.45, 7) is 0.129. The van der Waals surface area contributed by atoms with Crippen molar-refractivity contribution in [3.05, 3.63) is 28.3 Å². The van der Waals surface area contributed by atoms with E-state index in [1.54, 1.807) is 12.1 Å². The number of azide groups is 1. The third-order valence-corrected chi connectivity index (χ3v) is 1.28. The molecule has 0 saturated carbocycles. The van der Waals surface area contributed by atoms with E-state index in [2.05, 4.69) is 32.1 Å².